The summed E-state index contributed by atoms with van der Waals surface area (Å²) < 4.78 is 13.3. The van der Waals surface area contributed by atoms with Crippen LogP contribution in [0.5, 0.6) is 5.75 Å². The van der Waals surface area contributed by atoms with E-state index < -0.39 is 0 Å². The Bertz CT molecular complexity index is 1200. The van der Waals surface area contributed by atoms with E-state index in [1.54, 1.807) is 4.90 Å². The second-order valence-corrected chi connectivity index (χ2v) is 9.29. The molecule has 1 aromatic heterocycles. The Hall–Kier alpha value is -3.65. The van der Waals surface area contributed by atoms with Crippen LogP contribution in [0.4, 0.5) is 5.95 Å². The molecule has 188 valence electrons. The number of rotatable bonds is 10. The van der Waals surface area contributed by atoms with Crippen LogP contribution in [0.25, 0.3) is 16.9 Å². The van der Waals surface area contributed by atoms with Crippen LogP contribution in [0.2, 0.25) is 0 Å². The van der Waals surface area contributed by atoms with Crippen LogP contribution < -0.4 is 10.1 Å². The first kappa shape index (κ1) is 24.1. The highest BCUT2D eigenvalue weighted by Crippen LogP contribution is 2.32. The zero-order valence-electron chi connectivity index (χ0n) is 20.6. The number of ether oxygens (including phenoxy) is 2. The molecule has 2 aromatic carbocycles. The number of carbonyl (C=O) groups excluding carboxylic acids is 2. The van der Waals surface area contributed by atoms with Gasteiger partial charge in [0, 0.05) is 36.9 Å². The predicted molar refractivity (Wildman–Crippen MR) is 137 cm³/mol. The van der Waals surface area contributed by atoms with Crippen LogP contribution in [-0.2, 0) is 14.3 Å². The van der Waals surface area contributed by atoms with Gasteiger partial charge in [0.15, 0.2) is 0 Å². The second-order valence-electron chi connectivity index (χ2n) is 9.29. The third-order valence-electron chi connectivity index (χ3n) is 6.45. The zero-order chi connectivity index (χ0) is 24.9. The van der Waals surface area contributed by atoms with Crippen molar-refractivity contribution in [2.45, 2.75) is 38.7 Å². The van der Waals surface area contributed by atoms with Gasteiger partial charge in [0.1, 0.15) is 12.3 Å². The van der Waals surface area contributed by atoms with Crippen molar-refractivity contribution in [3.63, 3.8) is 0 Å². The van der Waals surface area contributed by atoms with Crippen LogP contribution in [0.1, 0.15) is 32.6 Å². The lowest BCUT2D eigenvalue weighted by Gasteiger charge is -2.25. The van der Waals surface area contributed by atoms with Crippen molar-refractivity contribution in [1.82, 2.24) is 14.5 Å². The average Bonchev–Trinajstić information content (AvgIpc) is 3.46. The zero-order valence-corrected chi connectivity index (χ0v) is 20.6. The van der Waals surface area contributed by atoms with Crippen molar-refractivity contribution in [3.05, 3.63) is 60.8 Å². The summed E-state index contributed by atoms with van der Waals surface area (Å²) in [5.41, 5.74) is 2.49. The van der Waals surface area contributed by atoms with Crippen molar-refractivity contribution in [2.24, 2.45) is 5.92 Å². The molecule has 36 heavy (non-hydrogen) atoms. The predicted octanol–water partition coefficient (Wildman–Crippen LogP) is 4.29. The summed E-state index contributed by atoms with van der Waals surface area (Å²) in [6.45, 7) is 3.63. The molecule has 0 spiro atoms. The van der Waals surface area contributed by atoms with Gasteiger partial charge in [-0.05, 0) is 44.7 Å². The van der Waals surface area contributed by atoms with Gasteiger partial charge >= 0.3 is 0 Å². The smallest absolute Gasteiger partial charge is 0.246 e. The Morgan fingerprint density at radius 1 is 1.14 bits per heavy atom. The lowest BCUT2D eigenvalue weighted by molar-refractivity contribution is -0.137. The first-order chi connectivity index (χ1) is 17.6. The Morgan fingerprint density at radius 3 is 2.69 bits per heavy atom. The summed E-state index contributed by atoms with van der Waals surface area (Å²) in [7, 11) is 0. The Kier molecular flexibility index (Phi) is 7.32. The first-order valence-corrected chi connectivity index (χ1v) is 12.7. The number of nitrogens with zero attached hydrogens (tertiary/aromatic N) is 3. The summed E-state index contributed by atoms with van der Waals surface area (Å²) >= 11 is 0. The third-order valence-corrected chi connectivity index (χ3v) is 6.45. The van der Waals surface area contributed by atoms with E-state index in [2.05, 4.69) is 5.32 Å². The molecular weight excluding hydrogens is 456 g/mol. The first-order valence-electron chi connectivity index (χ1n) is 12.7. The second kappa shape index (κ2) is 11.0. The van der Waals surface area contributed by atoms with E-state index in [-0.39, 0.29) is 30.4 Å². The number of carbonyl (C=O) groups is 2. The van der Waals surface area contributed by atoms with Gasteiger partial charge in [0.2, 0.25) is 17.8 Å². The van der Waals surface area contributed by atoms with Gasteiger partial charge < -0.3 is 14.4 Å². The van der Waals surface area contributed by atoms with Crippen molar-refractivity contribution in [2.75, 3.05) is 31.6 Å². The highest BCUT2D eigenvalue weighted by Gasteiger charge is 2.35. The van der Waals surface area contributed by atoms with E-state index in [0.29, 0.717) is 25.7 Å². The van der Waals surface area contributed by atoms with Gasteiger partial charge in [-0.15, -0.1) is 0 Å². The van der Waals surface area contributed by atoms with Gasteiger partial charge in [-0.1, -0.05) is 36.4 Å². The molecule has 3 aromatic rings. The van der Waals surface area contributed by atoms with Crippen molar-refractivity contribution < 1.29 is 19.1 Å². The van der Waals surface area contributed by atoms with Crippen LogP contribution in [-0.4, -0.2) is 58.7 Å². The number of amides is 2. The molecule has 2 heterocycles. The summed E-state index contributed by atoms with van der Waals surface area (Å²) in [4.78, 5) is 32.5. The Morgan fingerprint density at radius 2 is 1.97 bits per heavy atom. The van der Waals surface area contributed by atoms with E-state index in [1.165, 1.54) is 0 Å². The minimum Gasteiger partial charge on any atom is -0.494 e. The summed E-state index contributed by atoms with van der Waals surface area (Å²) in [5, 5.41) is 2.96. The fourth-order valence-electron chi connectivity index (χ4n) is 4.50. The average molecular weight is 489 g/mol. The Balaban J connectivity index is 1.39. The van der Waals surface area contributed by atoms with E-state index in [1.807, 2.05) is 72.3 Å². The van der Waals surface area contributed by atoms with Crippen LogP contribution in [0, 0.1) is 5.92 Å². The van der Waals surface area contributed by atoms with Gasteiger partial charge in [-0.25, -0.2) is 4.98 Å². The van der Waals surface area contributed by atoms with E-state index >= 15 is 0 Å². The van der Waals surface area contributed by atoms with Crippen molar-refractivity contribution in [1.29, 1.82) is 0 Å². The molecule has 1 saturated heterocycles. The quantitative estimate of drug-likeness (QED) is 0.460. The van der Waals surface area contributed by atoms with Gasteiger partial charge in [0.25, 0.3) is 0 Å². The lowest BCUT2D eigenvalue weighted by Crippen LogP contribution is -2.43. The SMILES string of the molecule is CCOc1cccc(-n2cc(-c3ccccc3)nc2NC(=O)CN(C[C@@H]2CCCO2)C(=O)C2CC2)c1. The summed E-state index contributed by atoms with van der Waals surface area (Å²) in [6.07, 6.45) is 5.58. The largest absolute Gasteiger partial charge is 0.494 e. The molecule has 8 nitrogen and oxygen atoms in total. The molecular formula is C28H32N4O4. The number of anilines is 1. The monoisotopic (exact) mass is 488 g/mol. The summed E-state index contributed by atoms with van der Waals surface area (Å²) in [5.74, 6) is 0.920. The highest BCUT2D eigenvalue weighted by molar-refractivity contribution is 5.94. The number of aromatic nitrogens is 2. The third kappa shape index (κ3) is 5.76. The molecule has 5 rings (SSSR count). The maximum Gasteiger partial charge on any atom is 0.246 e. The molecule has 2 aliphatic rings. The molecule has 0 unspecified atom stereocenters. The van der Waals surface area contributed by atoms with Gasteiger partial charge in [-0.2, -0.15) is 0 Å². The van der Waals surface area contributed by atoms with Crippen LogP contribution in [0.15, 0.2) is 60.8 Å². The van der Waals surface area contributed by atoms with Crippen LogP contribution >= 0.6 is 0 Å². The number of benzene rings is 2. The normalized spacial score (nSPS) is 17.1. The molecule has 1 N–H and O–H groups in total. The minimum atomic E-state index is -0.283. The number of hydrogen-bond acceptors (Lipinski definition) is 5. The highest BCUT2D eigenvalue weighted by atomic mass is 16.5. The molecule has 1 aliphatic heterocycles. The topological polar surface area (TPSA) is 85.7 Å². The maximum atomic E-state index is 13.2. The molecule has 0 bridgehead atoms. The molecule has 2 amide bonds. The van der Waals surface area contributed by atoms with Gasteiger partial charge in [-0.3, -0.25) is 19.5 Å². The molecule has 2 fully saturated rings. The number of imidazole rings is 1. The minimum absolute atomic E-state index is 0.00604. The Labute approximate surface area is 211 Å². The van der Waals surface area contributed by atoms with E-state index in [0.717, 1.165) is 48.4 Å². The van der Waals surface area contributed by atoms with Crippen molar-refractivity contribution in [3.8, 4) is 22.7 Å². The molecule has 1 aliphatic carbocycles. The fraction of sp³-hybridized carbons (Fsp3) is 0.393. The fourth-order valence-corrected chi connectivity index (χ4v) is 4.50. The number of hydrogen-bond donors (Lipinski definition) is 1. The van der Waals surface area contributed by atoms with Crippen LogP contribution in [0.3, 0.4) is 0 Å². The van der Waals surface area contributed by atoms with E-state index in [4.69, 9.17) is 14.5 Å². The van der Waals surface area contributed by atoms with E-state index in [9.17, 15) is 9.59 Å². The maximum absolute atomic E-state index is 13.2. The van der Waals surface area contributed by atoms with Gasteiger partial charge in [0.05, 0.1) is 24.1 Å². The molecule has 1 atom stereocenters. The standard InChI is InChI=1S/C28H32N4O4/c1-2-35-23-11-6-10-22(16-23)32-18-25(20-8-4-3-5-9-20)29-28(32)30-26(33)19-31(27(34)21-13-14-21)17-24-12-7-15-36-24/h3-6,8-11,16,18,21,24H,2,7,12-15,17,19H2,1H3,(H,29,30,33)/t24-/m0/s1. The number of nitrogens with one attached hydrogen (secondary N) is 1. The molecule has 8 heteroatoms. The molecule has 0 radical (unpaired) electrons. The van der Waals surface area contributed by atoms with Crippen molar-refractivity contribution >= 4 is 17.8 Å². The summed E-state index contributed by atoms with van der Waals surface area (Å²) in [6, 6.07) is 17.5. The molecule has 1 saturated carbocycles. The lowest BCUT2D eigenvalue weighted by atomic mass is 10.2.